The SMILES string of the molecule is CC(C)C(NC(=O)Cn1cc(I)cc(NC(=O)OCc2ccccc2)c1=O)C(O[Si](C)(C)C(C)(C)C)C(F)(F)F. The summed E-state index contributed by atoms with van der Waals surface area (Å²) in [5, 5.41) is 4.35. The fraction of sp³-hybridized carbons (Fsp3) is 0.519. The van der Waals surface area contributed by atoms with Gasteiger partial charge in [-0.25, -0.2) is 4.79 Å². The zero-order valence-corrected chi connectivity index (χ0v) is 26.8. The first kappa shape index (κ1) is 33.8. The van der Waals surface area contributed by atoms with Gasteiger partial charge >= 0.3 is 12.3 Å². The van der Waals surface area contributed by atoms with E-state index >= 15 is 0 Å². The van der Waals surface area contributed by atoms with E-state index in [0.717, 1.165) is 10.1 Å². The van der Waals surface area contributed by atoms with Gasteiger partial charge in [0.25, 0.3) is 5.56 Å². The van der Waals surface area contributed by atoms with Crippen molar-refractivity contribution in [2.45, 2.75) is 84.2 Å². The lowest BCUT2D eigenvalue weighted by molar-refractivity contribution is -0.210. The molecule has 1 heterocycles. The Morgan fingerprint density at radius 2 is 1.70 bits per heavy atom. The number of anilines is 1. The number of nitrogens with one attached hydrogen (secondary N) is 2. The number of nitrogens with zero attached hydrogens (tertiary/aromatic N) is 1. The average Bonchev–Trinajstić information content (AvgIpc) is 2.82. The number of alkyl halides is 3. The third-order valence-corrected chi connectivity index (χ3v) is 11.8. The van der Waals surface area contributed by atoms with Gasteiger partial charge in [0.2, 0.25) is 5.91 Å². The van der Waals surface area contributed by atoms with Gasteiger partial charge in [0.05, 0.1) is 6.04 Å². The van der Waals surface area contributed by atoms with Crippen LogP contribution in [0.25, 0.3) is 0 Å². The van der Waals surface area contributed by atoms with Crippen LogP contribution >= 0.6 is 22.6 Å². The Bertz CT molecular complexity index is 1230. The standard InChI is InChI=1S/C27H37F3IN3O5Si/c1-17(2)22(23(27(28,29)30)39-40(6,7)26(3,4)5)33-21(35)15-34-14-19(31)13-20(24(34)36)32-25(37)38-16-18-11-9-8-10-12-18/h8-14,17,22-23H,15-16H2,1-7H3,(H,32,37)(H,33,35). The molecule has 13 heteroatoms. The van der Waals surface area contributed by atoms with Crippen LogP contribution in [0.1, 0.15) is 40.2 Å². The Hall–Kier alpha value is -2.39. The second-order valence-electron chi connectivity index (χ2n) is 11.4. The van der Waals surface area contributed by atoms with E-state index in [1.807, 2.05) is 49.4 Å². The summed E-state index contributed by atoms with van der Waals surface area (Å²) < 4.78 is 55.1. The molecule has 2 amide bonds. The van der Waals surface area contributed by atoms with Crippen molar-refractivity contribution < 1.29 is 31.9 Å². The summed E-state index contributed by atoms with van der Waals surface area (Å²) in [5.41, 5.74) is -0.0883. The highest BCUT2D eigenvalue weighted by atomic mass is 127. The average molecular weight is 696 g/mol. The summed E-state index contributed by atoms with van der Waals surface area (Å²) in [6.45, 7) is 11.5. The molecule has 2 atom stereocenters. The van der Waals surface area contributed by atoms with Gasteiger partial charge in [-0.15, -0.1) is 0 Å². The van der Waals surface area contributed by atoms with E-state index in [9.17, 15) is 27.6 Å². The van der Waals surface area contributed by atoms with Crippen LogP contribution in [0.15, 0.2) is 47.4 Å². The van der Waals surface area contributed by atoms with E-state index in [1.54, 1.807) is 51.2 Å². The second-order valence-corrected chi connectivity index (χ2v) is 17.4. The molecule has 0 aliphatic rings. The summed E-state index contributed by atoms with van der Waals surface area (Å²) in [7, 11) is -2.86. The zero-order chi connectivity index (χ0) is 30.5. The number of hydrogen-bond donors (Lipinski definition) is 2. The van der Waals surface area contributed by atoms with Crippen molar-refractivity contribution in [3.05, 3.63) is 62.1 Å². The molecule has 0 bridgehead atoms. The van der Waals surface area contributed by atoms with E-state index < -0.39 is 61.7 Å². The van der Waals surface area contributed by atoms with E-state index in [0.29, 0.717) is 3.57 Å². The van der Waals surface area contributed by atoms with Crippen molar-refractivity contribution in [2.75, 3.05) is 5.32 Å². The lowest BCUT2D eigenvalue weighted by Crippen LogP contribution is -2.59. The number of pyridine rings is 1. The lowest BCUT2D eigenvalue weighted by Gasteiger charge is -2.42. The number of rotatable bonds is 10. The molecular weight excluding hydrogens is 658 g/mol. The number of carbonyl (C=O) groups is 2. The maximum absolute atomic E-state index is 14.2. The van der Waals surface area contributed by atoms with Crippen LogP contribution in [0.2, 0.25) is 18.1 Å². The molecule has 0 spiro atoms. The van der Waals surface area contributed by atoms with Crippen LogP contribution < -0.4 is 16.2 Å². The molecule has 2 rings (SSSR count). The summed E-state index contributed by atoms with van der Waals surface area (Å²) >= 11 is 1.90. The normalized spacial score (nSPS) is 14.0. The van der Waals surface area contributed by atoms with Crippen molar-refractivity contribution in [3.8, 4) is 0 Å². The molecule has 0 radical (unpaired) electrons. The van der Waals surface area contributed by atoms with Crippen LogP contribution in [0.4, 0.5) is 23.7 Å². The third-order valence-electron chi connectivity index (χ3n) is 6.74. The molecule has 1 aromatic heterocycles. The van der Waals surface area contributed by atoms with Crippen LogP contribution in [-0.4, -0.2) is 43.2 Å². The predicted molar refractivity (Wildman–Crippen MR) is 159 cm³/mol. The largest absolute Gasteiger partial charge is 0.444 e. The summed E-state index contributed by atoms with van der Waals surface area (Å²) in [4.78, 5) is 38.2. The number of benzene rings is 1. The van der Waals surface area contributed by atoms with Crippen LogP contribution in [0.3, 0.4) is 0 Å². The van der Waals surface area contributed by atoms with Gasteiger partial charge in [-0.2, -0.15) is 13.2 Å². The van der Waals surface area contributed by atoms with Crippen molar-refractivity contribution >= 4 is 48.6 Å². The minimum absolute atomic E-state index is 0.0128. The molecule has 0 aliphatic heterocycles. The Labute approximate surface area is 247 Å². The quantitative estimate of drug-likeness (QED) is 0.225. The fourth-order valence-electron chi connectivity index (χ4n) is 3.49. The number of carbonyl (C=O) groups excluding carboxylic acids is 2. The molecule has 8 nitrogen and oxygen atoms in total. The third kappa shape index (κ3) is 9.61. The summed E-state index contributed by atoms with van der Waals surface area (Å²) in [6, 6.07) is 8.98. The minimum Gasteiger partial charge on any atom is -0.444 e. The van der Waals surface area contributed by atoms with E-state index in [2.05, 4.69) is 10.6 Å². The fourth-order valence-corrected chi connectivity index (χ4v) is 5.41. The number of ether oxygens (including phenoxy) is 1. The van der Waals surface area contributed by atoms with Gasteiger partial charge in [-0.05, 0) is 58.3 Å². The molecule has 2 aromatic rings. The van der Waals surface area contributed by atoms with Crippen LogP contribution in [0, 0.1) is 9.49 Å². The van der Waals surface area contributed by atoms with Gasteiger partial charge in [0.1, 0.15) is 18.8 Å². The van der Waals surface area contributed by atoms with Crippen LogP contribution in [0.5, 0.6) is 0 Å². The van der Waals surface area contributed by atoms with Gasteiger partial charge in [-0.3, -0.25) is 14.9 Å². The van der Waals surface area contributed by atoms with Gasteiger partial charge in [0, 0.05) is 9.77 Å². The van der Waals surface area contributed by atoms with Crippen molar-refractivity contribution in [1.82, 2.24) is 9.88 Å². The topological polar surface area (TPSA) is 98.7 Å². The van der Waals surface area contributed by atoms with Crippen LogP contribution in [-0.2, 0) is 27.1 Å². The maximum Gasteiger partial charge on any atom is 0.415 e. The van der Waals surface area contributed by atoms with Crippen molar-refractivity contribution in [2.24, 2.45) is 5.92 Å². The van der Waals surface area contributed by atoms with Gasteiger partial charge in [-0.1, -0.05) is 65.0 Å². The molecule has 2 unspecified atom stereocenters. The number of amides is 2. The molecule has 2 N–H and O–H groups in total. The number of aromatic nitrogens is 1. The number of halogens is 4. The van der Waals surface area contributed by atoms with E-state index in [4.69, 9.17) is 9.16 Å². The Kier molecular flexibility index (Phi) is 11.4. The summed E-state index contributed by atoms with van der Waals surface area (Å²) in [6.07, 6.45) is -6.44. The Morgan fingerprint density at radius 3 is 2.23 bits per heavy atom. The highest BCUT2D eigenvalue weighted by Crippen LogP contribution is 2.41. The lowest BCUT2D eigenvalue weighted by atomic mass is 9.98. The van der Waals surface area contributed by atoms with Crippen molar-refractivity contribution in [1.29, 1.82) is 0 Å². The monoisotopic (exact) mass is 695 g/mol. The summed E-state index contributed by atoms with van der Waals surface area (Å²) in [5.74, 6) is -1.42. The maximum atomic E-state index is 14.2. The number of hydrogen-bond acceptors (Lipinski definition) is 5. The molecule has 222 valence electrons. The Morgan fingerprint density at radius 1 is 1.10 bits per heavy atom. The first-order chi connectivity index (χ1) is 18.3. The molecule has 1 aromatic carbocycles. The smallest absolute Gasteiger partial charge is 0.415 e. The first-order valence-corrected chi connectivity index (χ1v) is 16.7. The van der Waals surface area contributed by atoms with E-state index in [-0.39, 0.29) is 12.3 Å². The predicted octanol–water partition coefficient (Wildman–Crippen LogP) is 6.30. The second kappa shape index (κ2) is 13.5. The molecule has 0 saturated carbocycles. The minimum atomic E-state index is -4.73. The van der Waals surface area contributed by atoms with Gasteiger partial charge < -0.3 is 19.0 Å². The highest BCUT2D eigenvalue weighted by molar-refractivity contribution is 14.1. The molecule has 40 heavy (non-hydrogen) atoms. The van der Waals surface area contributed by atoms with E-state index in [1.165, 1.54) is 12.3 Å². The first-order valence-electron chi connectivity index (χ1n) is 12.7. The van der Waals surface area contributed by atoms with Crippen molar-refractivity contribution in [3.63, 3.8) is 0 Å². The van der Waals surface area contributed by atoms with Gasteiger partial charge in [0.15, 0.2) is 14.4 Å². The molecule has 0 aliphatic carbocycles. The Balaban J connectivity index is 2.21. The molecule has 0 fully saturated rings. The highest BCUT2D eigenvalue weighted by Gasteiger charge is 2.52. The molecule has 0 saturated heterocycles. The zero-order valence-electron chi connectivity index (χ0n) is 23.7. The molecular formula is C27H37F3IN3O5Si.